The molecule has 1 aromatic heterocycles. The maximum atomic E-state index is 11.0. The van der Waals surface area contributed by atoms with Gasteiger partial charge in [-0.1, -0.05) is 0 Å². The van der Waals surface area contributed by atoms with E-state index >= 15 is 0 Å². The summed E-state index contributed by atoms with van der Waals surface area (Å²) in [5, 5.41) is 10.6. The van der Waals surface area contributed by atoms with E-state index in [2.05, 4.69) is 6.07 Å². The van der Waals surface area contributed by atoms with Crippen LogP contribution in [0.2, 0.25) is 0 Å². The Bertz CT molecular complexity index is 372. The van der Waals surface area contributed by atoms with Gasteiger partial charge in [0.25, 0.3) is 0 Å². The van der Waals surface area contributed by atoms with Gasteiger partial charge in [-0.25, -0.2) is 0 Å². The van der Waals surface area contributed by atoms with Crippen LogP contribution in [0.4, 0.5) is 0 Å². The van der Waals surface area contributed by atoms with Crippen molar-refractivity contribution < 1.29 is 4.79 Å². The molecule has 0 saturated carbocycles. The summed E-state index contributed by atoms with van der Waals surface area (Å²) >= 11 is 1.54. The first-order valence-corrected chi connectivity index (χ1v) is 4.70. The van der Waals surface area contributed by atoms with Crippen LogP contribution in [0.25, 0.3) is 0 Å². The lowest BCUT2D eigenvalue weighted by Gasteiger charge is -2.09. The van der Waals surface area contributed by atoms with Gasteiger partial charge in [-0.3, -0.25) is 4.79 Å². The molecule has 2 rings (SSSR count). The molecule has 0 fully saturated rings. The molecular formula is C9H7NOS. The van der Waals surface area contributed by atoms with Crippen molar-refractivity contribution in [2.75, 3.05) is 0 Å². The fraction of sp³-hybridized carbons (Fsp3) is 0.333. The first-order chi connectivity index (χ1) is 5.81. The molecule has 0 aromatic carbocycles. The van der Waals surface area contributed by atoms with Gasteiger partial charge >= 0.3 is 0 Å². The lowest BCUT2D eigenvalue weighted by molar-refractivity contribution is -0.118. The Kier molecular flexibility index (Phi) is 1.70. The third kappa shape index (κ3) is 1.05. The van der Waals surface area contributed by atoms with Gasteiger partial charge in [0, 0.05) is 23.1 Å². The predicted octanol–water partition coefficient (Wildman–Crippen LogP) is 1.68. The summed E-state index contributed by atoms with van der Waals surface area (Å²) in [6, 6.07) is 2.15. The number of Topliss-reactive ketones (excluding diaryl/α,β-unsaturated/α-hetero) is 1. The summed E-state index contributed by atoms with van der Waals surface area (Å²) in [6.07, 6.45) is 1.92. The number of thiophene rings is 1. The highest BCUT2D eigenvalue weighted by atomic mass is 32.1. The number of ketones is 1. The molecule has 3 heteroatoms. The Hall–Kier alpha value is -1.14. The van der Waals surface area contributed by atoms with Crippen molar-refractivity contribution in [1.29, 1.82) is 5.26 Å². The molecule has 0 saturated heterocycles. The van der Waals surface area contributed by atoms with Gasteiger partial charge in [-0.2, -0.15) is 5.26 Å². The zero-order chi connectivity index (χ0) is 8.55. The zero-order valence-corrected chi connectivity index (χ0v) is 7.28. The maximum absolute atomic E-state index is 11.0. The van der Waals surface area contributed by atoms with E-state index < -0.39 is 0 Å². The third-order valence-corrected chi connectivity index (χ3v) is 3.14. The van der Waals surface area contributed by atoms with Crippen molar-refractivity contribution in [2.24, 2.45) is 0 Å². The van der Waals surface area contributed by atoms with Crippen LogP contribution in [0.15, 0.2) is 5.38 Å². The molecule has 0 amide bonds. The largest absolute Gasteiger partial charge is 0.299 e. The maximum Gasteiger partial charge on any atom is 0.138 e. The van der Waals surface area contributed by atoms with E-state index in [1.54, 1.807) is 0 Å². The fourth-order valence-electron chi connectivity index (χ4n) is 1.47. The van der Waals surface area contributed by atoms with E-state index in [0.29, 0.717) is 18.6 Å². The lowest BCUT2D eigenvalue weighted by Crippen LogP contribution is -2.11. The van der Waals surface area contributed by atoms with E-state index in [1.165, 1.54) is 11.3 Å². The highest BCUT2D eigenvalue weighted by Crippen LogP contribution is 2.28. The van der Waals surface area contributed by atoms with Crippen LogP contribution in [0.1, 0.15) is 22.4 Å². The molecule has 2 nitrogen and oxygen atoms in total. The molecule has 0 bridgehead atoms. The minimum absolute atomic E-state index is 0.300. The molecule has 0 aliphatic heterocycles. The second kappa shape index (κ2) is 2.72. The molecule has 1 aromatic rings. The number of rotatable bonds is 0. The average Bonchev–Trinajstić information content (AvgIpc) is 2.46. The monoisotopic (exact) mass is 177 g/mol. The summed E-state index contributed by atoms with van der Waals surface area (Å²) in [7, 11) is 0. The molecule has 0 radical (unpaired) electrons. The second-order valence-corrected chi connectivity index (χ2v) is 3.84. The molecule has 12 heavy (non-hydrogen) atoms. The molecule has 1 aliphatic rings. The first-order valence-electron chi connectivity index (χ1n) is 3.82. The van der Waals surface area contributed by atoms with E-state index in [1.807, 2.05) is 5.38 Å². The van der Waals surface area contributed by atoms with E-state index in [0.717, 1.165) is 22.4 Å². The molecule has 1 aliphatic carbocycles. The number of nitrogens with zero attached hydrogens (tertiary/aromatic N) is 1. The molecule has 0 N–H and O–H groups in total. The Labute approximate surface area is 74.4 Å². The van der Waals surface area contributed by atoms with Gasteiger partial charge in [0.2, 0.25) is 0 Å². The smallest absolute Gasteiger partial charge is 0.138 e. The fourth-order valence-corrected chi connectivity index (χ4v) is 2.52. The number of carbonyl (C=O) groups is 1. The van der Waals surface area contributed by atoms with Crippen LogP contribution in [0.5, 0.6) is 0 Å². The summed E-state index contributed by atoms with van der Waals surface area (Å²) < 4.78 is 0. The van der Waals surface area contributed by atoms with E-state index in [9.17, 15) is 4.79 Å². The van der Waals surface area contributed by atoms with Crippen molar-refractivity contribution in [3.63, 3.8) is 0 Å². The number of nitriles is 1. The van der Waals surface area contributed by atoms with Gasteiger partial charge in [-0.05, 0) is 12.0 Å². The number of hydrogen-bond acceptors (Lipinski definition) is 3. The van der Waals surface area contributed by atoms with Crippen LogP contribution >= 0.6 is 11.3 Å². The number of fused-ring (bicyclic) bond motifs is 1. The van der Waals surface area contributed by atoms with Crippen molar-refractivity contribution >= 4 is 17.1 Å². The number of hydrogen-bond donors (Lipinski definition) is 0. The third-order valence-electron chi connectivity index (χ3n) is 2.11. The Morgan fingerprint density at radius 1 is 1.50 bits per heavy atom. The molecular weight excluding hydrogens is 170 g/mol. The quantitative estimate of drug-likeness (QED) is 0.605. The average molecular weight is 177 g/mol. The van der Waals surface area contributed by atoms with E-state index in [4.69, 9.17) is 5.26 Å². The molecule has 60 valence electrons. The number of carbonyl (C=O) groups excluding carboxylic acids is 1. The summed E-state index contributed by atoms with van der Waals surface area (Å²) in [5.41, 5.74) is 1.88. The Morgan fingerprint density at radius 3 is 3.08 bits per heavy atom. The first kappa shape index (κ1) is 7.51. The van der Waals surface area contributed by atoms with Crippen molar-refractivity contribution in [3.8, 4) is 6.07 Å². The van der Waals surface area contributed by atoms with Crippen LogP contribution < -0.4 is 0 Å². The minimum atomic E-state index is 0.300. The highest BCUT2D eigenvalue weighted by molar-refractivity contribution is 7.10. The molecule has 1 heterocycles. The SMILES string of the molecule is N#Cc1csc2c1CCC(=O)C2. The van der Waals surface area contributed by atoms with Crippen molar-refractivity contribution in [2.45, 2.75) is 19.3 Å². The summed E-state index contributed by atoms with van der Waals surface area (Å²) in [6.45, 7) is 0. The van der Waals surface area contributed by atoms with Gasteiger partial charge < -0.3 is 0 Å². The van der Waals surface area contributed by atoms with Gasteiger partial charge in [0.1, 0.15) is 11.9 Å². The van der Waals surface area contributed by atoms with Gasteiger partial charge in [0.05, 0.1) is 5.56 Å². The normalized spacial score (nSPS) is 15.4. The van der Waals surface area contributed by atoms with Crippen LogP contribution in [-0.4, -0.2) is 5.78 Å². The van der Waals surface area contributed by atoms with Crippen LogP contribution in [0, 0.1) is 11.3 Å². The second-order valence-electron chi connectivity index (χ2n) is 2.88. The van der Waals surface area contributed by atoms with Crippen molar-refractivity contribution in [1.82, 2.24) is 0 Å². The minimum Gasteiger partial charge on any atom is -0.299 e. The molecule has 0 unspecified atom stereocenters. The van der Waals surface area contributed by atoms with E-state index in [-0.39, 0.29) is 0 Å². The van der Waals surface area contributed by atoms with Crippen LogP contribution in [-0.2, 0) is 17.6 Å². The van der Waals surface area contributed by atoms with Gasteiger partial charge in [0.15, 0.2) is 0 Å². The Balaban J connectivity index is 2.46. The molecule has 0 spiro atoms. The lowest BCUT2D eigenvalue weighted by atomic mass is 9.95. The highest BCUT2D eigenvalue weighted by Gasteiger charge is 2.19. The molecule has 0 atom stereocenters. The van der Waals surface area contributed by atoms with Crippen molar-refractivity contribution in [3.05, 3.63) is 21.4 Å². The standard InChI is InChI=1S/C9H7NOS/c10-4-6-5-12-9-3-7(11)1-2-8(6)9/h5H,1-3H2. The zero-order valence-electron chi connectivity index (χ0n) is 6.46. The summed E-state index contributed by atoms with van der Waals surface area (Å²) in [4.78, 5) is 12.1. The van der Waals surface area contributed by atoms with Crippen LogP contribution in [0.3, 0.4) is 0 Å². The topological polar surface area (TPSA) is 40.9 Å². The van der Waals surface area contributed by atoms with Gasteiger partial charge in [-0.15, -0.1) is 11.3 Å². The Morgan fingerprint density at radius 2 is 2.33 bits per heavy atom. The summed E-state index contributed by atoms with van der Waals surface area (Å²) in [5.74, 6) is 0.300. The predicted molar refractivity (Wildman–Crippen MR) is 46.1 cm³/mol.